The summed E-state index contributed by atoms with van der Waals surface area (Å²) in [4.78, 5) is 24.4. The van der Waals surface area contributed by atoms with Crippen LogP contribution in [0.1, 0.15) is 35.3 Å². The second-order valence-corrected chi connectivity index (χ2v) is 5.81. The molecule has 0 aliphatic rings. The normalized spacial score (nSPS) is 11.5. The second-order valence-electron chi connectivity index (χ2n) is 5.81. The number of aryl methyl sites for hydroxylation is 2. The van der Waals surface area contributed by atoms with Crippen molar-refractivity contribution in [3.63, 3.8) is 0 Å². The number of rotatable bonds is 6. The van der Waals surface area contributed by atoms with E-state index in [1.807, 2.05) is 39.0 Å². The molecule has 0 radical (unpaired) electrons. The smallest absolute Gasteiger partial charge is 0.338 e. The number of hydrogen-bond acceptors (Lipinski definition) is 4. The van der Waals surface area contributed by atoms with Crippen LogP contribution in [0, 0.1) is 13.8 Å². The van der Waals surface area contributed by atoms with Crippen LogP contribution in [0.2, 0.25) is 0 Å². The highest BCUT2D eigenvalue weighted by Crippen LogP contribution is 2.17. The summed E-state index contributed by atoms with van der Waals surface area (Å²) in [6.45, 7) is 7.89. The number of esters is 1. The van der Waals surface area contributed by atoms with Crippen LogP contribution < -0.4 is 10.1 Å². The molecule has 25 heavy (non-hydrogen) atoms. The molecule has 0 saturated heterocycles. The Hall–Kier alpha value is -2.82. The summed E-state index contributed by atoms with van der Waals surface area (Å²) in [5, 5.41) is 2.78. The van der Waals surface area contributed by atoms with Crippen molar-refractivity contribution in [2.45, 2.75) is 33.8 Å². The van der Waals surface area contributed by atoms with Gasteiger partial charge in [-0.2, -0.15) is 0 Å². The lowest BCUT2D eigenvalue weighted by Gasteiger charge is -2.15. The fourth-order valence-electron chi connectivity index (χ4n) is 2.32. The van der Waals surface area contributed by atoms with Crippen molar-refractivity contribution in [1.82, 2.24) is 0 Å². The summed E-state index contributed by atoms with van der Waals surface area (Å²) < 4.78 is 10.6. The third kappa shape index (κ3) is 5.08. The zero-order valence-electron chi connectivity index (χ0n) is 15.0. The minimum absolute atomic E-state index is 0.369. The summed E-state index contributed by atoms with van der Waals surface area (Å²) in [5.74, 6) is -0.239. The number of benzene rings is 2. The van der Waals surface area contributed by atoms with Crippen LogP contribution in [0.3, 0.4) is 0 Å². The number of anilines is 1. The highest BCUT2D eigenvalue weighted by atomic mass is 16.5. The van der Waals surface area contributed by atoms with Gasteiger partial charge in [0.2, 0.25) is 0 Å². The third-order valence-corrected chi connectivity index (χ3v) is 3.69. The van der Waals surface area contributed by atoms with E-state index in [-0.39, 0.29) is 5.91 Å². The average molecular weight is 341 g/mol. The molecule has 5 nitrogen and oxygen atoms in total. The lowest BCUT2D eigenvalue weighted by atomic mass is 10.1. The number of nitrogens with one attached hydrogen (secondary N) is 1. The van der Waals surface area contributed by atoms with Gasteiger partial charge in [-0.05, 0) is 63.6 Å². The third-order valence-electron chi connectivity index (χ3n) is 3.69. The van der Waals surface area contributed by atoms with Crippen LogP contribution in [0.4, 0.5) is 5.69 Å². The molecule has 0 aromatic heterocycles. The van der Waals surface area contributed by atoms with Gasteiger partial charge in [0.15, 0.2) is 6.10 Å². The molecule has 5 heteroatoms. The van der Waals surface area contributed by atoms with Gasteiger partial charge in [0, 0.05) is 5.69 Å². The second kappa shape index (κ2) is 8.33. The Morgan fingerprint density at radius 3 is 2.36 bits per heavy atom. The van der Waals surface area contributed by atoms with Crippen molar-refractivity contribution in [2.75, 3.05) is 11.9 Å². The van der Waals surface area contributed by atoms with Gasteiger partial charge in [0.1, 0.15) is 5.75 Å². The van der Waals surface area contributed by atoms with Crippen molar-refractivity contribution in [3.05, 3.63) is 59.2 Å². The molecule has 0 fully saturated rings. The van der Waals surface area contributed by atoms with Crippen molar-refractivity contribution in [2.24, 2.45) is 0 Å². The van der Waals surface area contributed by atoms with Crippen LogP contribution in [-0.4, -0.2) is 24.6 Å². The van der Waals surface area contributed by atoms with Gasteiger partial charge in [0.25, 0.3) is 5.91 Å². The van der Waals surface area contributed by atoms with Gasteiger partial charge in [-0.25, -0.2) is 4.79 Å². The van der Waals surface area contributed by atoms with Crippen LogP contribution in [0.5, 0.6) is 5.75 Å². The van der Waals surface area contributed by atoms with Gasteiger partial charge in [-0.15, -0.1) is 0 Å². The highest BCUT2D eigenvalue weighted by Gasteiger charge is 2.19. The lowest BCUT2D eigenvalue weighted by Crippen LogP contribution is -2.30. The first-order chi connectivity index (χ1) is 11.9. The Kier molecular flexibility index (Phi) is 6.17. The molecule has 0 spiro atoms. The average Bonchev–Trinajstić information content (AvgIpc) is 2.58. The van der Waals surface area contributed by atoms with E-state index in [9.17, 15) is 9.59 Å². The predicted molar refractivity (Wildman–Crippen MR) is 97.0 cm³/mol. The van der Waals surface area contributed by atoms with E-state index in [2.05, 4.69) is 5.32 Å². The molecule has 0 saturated carbocycles. The molecule has 132 valence electrons. The fraction of sp³-hybridized carbons (Fsp3) is 0.300. The first kappa shape index (κ1) is 18.5. The monoisotopic (exact) mass is 341 g/mol. The Labute approximate surface area is 148 Å². The summed E-state index contributed by atoms with van der Waals surface area (Å²) in [6.07, 6.45) is -0.903. The zero-order valence-corrected chi connectivity index (χ0v) is 15.0. The van der Waals surface area contributed by atoms with E-state index >= 15 is 0 Å². The van der Waals surface area contributed by atoms with Gasteiger partial charge in [-0.1, -0.05) is 17.7 Å². The SMILES string of the molecule is CCOc1ccc(C(=O)OC(C)C(=O)Nc2ccc(C)cc2C)cc1. The predicted octanol–water partition coefficient (Wildman–Crippen LogP) is 3.89. The summed E-state index contributed by atoms with van der Waals surface area (Å²) in [6, 6.07) is 12.3. The van der Waals surface area contributed by atoms with Gasteiger partial charge < -0.3 is 14.8 Å². The van der Waals surface area contributed by atoms with Gasteiger partial charge in [-0.3, -0.25) is 4.79 Å². The molecular weight excluding hydrogens is 318 g/mol. The molecule has 0 heterocycles. The quantitative estimate of drug-likeness (QED) is 0.810. The van der Waals surface area contributed by atoms with Crippen LogP contribution in [0.25, 0.3) is 0 Å². The van der Waals surface area contributed by atoms with E-state index in [1.165, 1.54) is 0 Å². The molecule has 2 aromatic rings. The van der Waals surface area contributed by atoms with E-state index in [1.54, 1.807) is 31.2 Å². The van der Waals surface area contributed by atoms with Crippen molar-refractivity contribution in [3.8, 4) is 5.75 Å². The minimum Gasteiger partial charge on any atom is -0.494 e. The molecule has 1 N–H and O–H groups in total. The molecule has 2 rings (SSSR count). The Bertz CT molecular complexity index is 753. The van der Waals surface area contributed by atoms with E-state index < -0.39 is 12.1 Å². The topological polar surface area (TPSA) is 64.6 Å². The molecule has 0 bridgehead atoms. The van der Waals surface area contributed by atoms with Crippen molar-refractivity contribution in [1.29, 1.82) is 0 Å². The Balaban J connectivity index is 1.96. The van der Waals surface area contributed by atoms with E-state index in [4.69, 9.17) is 9.47 Å². The molecule has 1 atom stereocenters. The molecule has 1 unspecified atom stereocenters. The molecule has 0 aliphatic heterocycles. The summed E-state index contributed by atoms with van der Waals surface area (Å²) in [7, 11) is 0. The molecular formula is C20H23NO4. The standard InChI is InChI=1S/C20H23NO4/c1-5-24-17-9-7-16(8-10-17)20(23)25-15(4)19(22)21-18-11-6-13(2)12-14(18)3/h6-12,15H,5H2,1-4H3,(H,21,22). The van der Waals surface area contributed by atoms with Gasteiger partial charge >= 0.3 is 5.97 Å². The first-order valence-electron chi connectivity index (χ1n) is 8.22. The number of hydrogen-bond donors (Lipinski definition) is 1. The molecule has 0 aliphatic carbocycles. The summed E-state index contributed by atoms with van der Waals surface area (Å²) in [5.41, 5.74) is 3.15. The number of amides is 1. The van der Waals surface area contributed by atoms with Crippen molar-refractivity contribution < 1.29 is 19.1 Å². The van der Waals surface area contributed by atoms with Crippen molar-refractivity contribution >= 4 is 17.6 Å². The lowest BCUT2D eigenvalue weighted by molar-refractivity contribution is -0.123. The Morgan fingerprint density at radius 1 is 1.08 bits per heavy atom. The van der Waals surface area contributed by atoms with Gasteiger partial charge in [0.05, 0.1) is 12.2 Å². The Morgan fingerprint density at radius 2 is 1.76 bits per heavy atom. The van der Waals surface area contributed by atoms with Crippen LogP contribution >= 0.6 is 0 Å². The summed E-state index contributed by atoms with van der Waals surface area (Å²) >= 11 is 0. The maximum atomic E-state index is 12.2. The zero-order chi connectivity index (χ0) is 18.4. The number of carbonyl (C=O) groups is 2. The molecule has 1 amide bonds. The number of carbonyl (C=O) groups excluding carboxylic acids is 2. The largest absolute Gasteiger partial charge is 0.494 e. The highest BCUT2D eigenvalue weighted by molar-refractivity contribution is 5.97. The minimum atomic E-state index is -0.903. The maximum Gasteiger partial charge on any atom is 0.338 e. The van der Waals surface area contributed by atoms with E-state index in [0.717, 1.165) is 11.1 Å². The molecule has 2 aromatic carbocycles. The first-order valence-corrected chi connectivity index (χ1v) is 8.22. The maximum absolute atomic E-state index is 12.2. The van der Waals surface area contributed by atoms with Crippen LogP contribution in [-0.2, 0) is 9.53 Å². The number of ether oxygens (including phenoxy) is 2. The van der Waals surface area contributed by atoms with Crippen LogP contribution in [0.15, 0.2) is 42.5 Å². The van der Waals surface area contributed by atoms with E-state index in [0.29, 0.717) is 23.6 Å². The fourth-order valence-corrected chi connectivity index (χ4v) is 2.32.